The van der Waals surface area contributed by atoms with Crippen molar-refractivity contribution in [3.05, 3.63) is 0 Å². The molecule has 0 unspecified atom stereocenters. The Hall–Kier alpha value is -0.0500. The first-order chi connectivity index (χ1) is 8.93. The van der Waals surface area contributed by atoms with Crippen molar-refractivity contribution in [2.75, 3.05) is 11.9 Å². The van der Waals surface area contributed by atoms with Gasteiger partial charge in [-0.3, -0.25) is 4.79 Å². The SMILES string of the molecule is CC(C)(C)C1CCC(C(=O)N(CCBr)C2CC2)CC1. The standard InChI is InChI=1S/C16H28BrNO/c1-16(2,3)13-6-4-12(5-7-13)15(19)18(11-10-17)14-8-9-14/h12-14H,4-11H2,1-3H3. The lowest BCUT2D eigenvalue weighted by molar-refractivity contribution is -0.137. The van der Waals surface area contributed by atoms with Crippen LogP contribution in [0.4, 0.5) is 0 Å². The molecule has 2 fully saturated rings. The third-order valence-corrected chi connectivity index (χ3v) is 5.25. The van der Waals surface area contributed by atoms with Crippen LogP contribution in [0.2, 0.25) is 0 Å². The molecule has 0 atom stereocenters. The molecule has 0 aromatic heterocycles. The Kier molecular flexibility index (Phi) is 4.97. The maximum atomic E-state index is 12.6. The molecule has 0 saturated heterocycles. The number of carbonyl (C=O) groups is 1. The first kappa shape index (κ1) is 15.3. The fourth-order valence-corrected chi connectivity index (χ4v) is 3.77. The quantitative estimate of drug-likeness (QED) is 0.707. The van der Waals surface area contributed by atoms with Crippen molar-refractivity contribution >= 4 is 21.8 Å². The molecule has 0 aromatic carbocycles. The van der Waals surface area contributed by atoms with Crippen LogP contribution in [0.5, 0.6) is 0 Å². The summed E-state index contributed by atoms with van der Waals surface area (Å²) in [4.78, 5) is 14.8. The molecule has 0 radical (unpaired) electrons. The number of hydrogen-bond acceptors (Lipinski definition) is 1. The molecule has 2 aliphatic rings. The van der Waals surface area contributed by atoms with Crippen LogP contribution in [0, 0.1) is 17.3 Å². The highest BCUT2D eigenvalue weighted by atomic mass is 79.9. The lowest BCUT2D eigenvalue weighted by Crippen LogP contribution is -2.41. The summed E-state index contributed by atoms with van der Waals surface area (Å²) in [7, 11) is 0. The van der Waals surface area contributed by atoms with Gasteiger partial charge in [-0.1, -0.05) is 36.7 Å². The summed E-state index contributed by atoms with van der Waals surface area (Å²) in [5, 5.41) is 0.909. The molecule has 3 heteroatoms. The van der Waals surface area contributed by atoms with E-state index < -0.39 is 0 Å². The van der Waals surface area contributed by atoms with Crippen LogP contribution < -0.4 is 0 Å². The number of rotatable bonds is 4. The summed E-state index contributed by atoms with van der Waals surface area (Å²) in [6, 6.07) is 0.561. The van der Waals surface area contributed by atoms with Gasteiger partial charge in [0.05, 0.1) is 0 Å². The minimum absolute atomic E-state index is 0.304. The van der Waals surface area contributed by atoms with E-state index in [1.54, 1.807) is 0 Å². The zero-order valence-corrected chi connectivity index (χ0v) is 14.2. The van der Waals surface area contributed by atoms with E-state index >= 15 is 0 Å². The largest absolute Gasteiger partial charge is 0.339 e. The Morgan fingerprint density at radius 2 is 1.68 bits per heavy atom. The topological polar surface area (TPSA) is 20.3 Å². The number of amides is 1. The number of halogens is 1. The van der Waals surface area contributed by atoms with Crippen LogP contribution in [0.15, 0.2) is 0 Å². The lowest BCUT2D eigenvalue weighted by atomic mass is 9.69. The first-order valence-electron chi connectivity index (χ1n) is 7.80. The summed E-state index contributed by atoms with van der Waals surface area (Å²) in [6.45, 7) is 7.89. The van der Waals surface area contributed by atoms with Gasteiger partial charge in [0.15, 0.2) is 0 Å². The molecule has 0 aliphatic heterocycles. The minimum atomic E-state index is 0.304. The van der Waals surface area contributed by atoms with Crippen LogP contribution in [0.1, 0.15) is 59.3 Å². The van der Waals surface area contributed by atoms with Gasteiger partial charge in [0.2, 0.25) is 5.91 Å². The van der Waals surface area contributed by atoms with Gasteiger partial charge in [0.1, 0.15) is 0 Å². The average molecular weight is 330 g/mol. The normalized spacial score (nSPS) is 28.2. The zero-order chi connectivity index (χ0) is 14.0. The highest BCUT2D eigenvalue weighted by Crippen LogP contribution is 2.41. The number of hydrogen-bond donors (Lipinski definition) is 0. The predicted octanol–water partition coefficient (Wildman–Crippen LogP) is 4.22. The van der Waals surface area contributed by atoms with E-state index in [2.05, 4.69) is 41.6 Å². The maximum Gasteiger partial charge on any atom is 0.225 e. The van der Waals surface area contributed by atoms with Crippen molar-refractivity contribution in [1.29, 1.82) is 0 Å². The van der Waals surface area contributed by atoms with E-state index in [1.807, 2.05) is 0 Å². The second-order valence-electron chi connectivity index (χ2n) is 7.37. The Morgan fingerprint density at radius 3 is 2.11 bits per heavy atom. The van der Waals surface area contributed by atoms with Crippen LogP contribution in [0.25, 0.3) is 0 Å². The summed E-state index contributed by atoms with van der Waals surface area (Å²) in [5.74, 6) is 1.54. The van der Waals surface area contributed by atoms with E-state index in [4.69, 9.17) is 0 Å². The van der Waals surface area contributed by atoms with Crippen molar-refractivity contribution in [3.63, 3.8) is 0 Å². The smallest absolute Gasteiger partial charge is 0.225 e. The third kappa shape index (κ3) is 3.96. The maximum absolute atomic E-state index is 12.6. The van der Waals surface area contributed by atoms with E-state index in [-0.39, 0.29) is 0 Å². The fraction of sp³-hybridized carbons (Fsp3) is 0.938. The van der Waals surface area contributed by atoms with E-state index in [1.165, 1.54) is 25.7 Å². The van der Waals surface area contributed by atoms with E-state index in [0.717, 1.165) is 30.6 Å². The highest BCUT2D eigenvalue weighted by molar-refractivity contribution is 9.09. The summed E-state index contributed by atoms with van der Waals surface area (Å²) in [5.41, 5.74) is 0.403. The van der Waals surface area contributed by atoms with Gasteiger partial charge >= 0.3 is 0 Å². The van der Waals surface area contributed by atoms with Crippen LogP contribution >= 0.6 is 15.9 Å². The summed E-state index contributed by atoms with van der Waals surface area (Å²) in [6.07, 6.45) is 7.10. The minimum Gasteiger partial charge on any atom is -0.339 e. The molecular formula is C16H28BrNO. The van der Waals surface area contributed by atoms with Crippen LogP contribution in [0.3, 0.4) is 0 Å². The van der Waals surface area contributed by atoms with Crippen molar-refractivity contribution in [2.24, 2.45) is 17.3 Å². The lowest BCUT2D eigenvalue weighted by Gasteiger charge is -2.38. The number of alkyl halides is 1. The second-order valence-corrected chi connectivity index (χ2v) is 8.16. The molecule has 110 valence electrons. The number of nitrogens with zero attached hydrogens (tertiary/aromatic N) is 1. The van der Waals surface area contributed by atoms with Gasteiger partial charge in [0, 0.05) is 23.8 Å². The third-order valence-electron chi connectivity index (χ3n) is 4.90. The molecule has 0 aromatic rings. The van der Waals surface area contributed by atoms with Crippen molar-refractivity contribution in [2.45, 2.75) is 65.3 Å². The zero-order valence-electron chi connectivity index (χ0n) is 12.6. The van der Waals surface area contributed by atoms with Crippen molar-refractivity contribution < 1.29 is 4.79 Å². The molecule has 2 saturated carbocycles. The molecule has 0 spiro atoms. The highest BCUT2D eigenvalue weighted by Gasteiger charge is 2.38. The van der Waals surface area contributed by atoms with Crippen molar-refractivity contribution in [3.8, 4) is 0 Å². The first-order valence-corrected chi connectivity index (χ1v) is 8.92. The average Bonchev–Trinajstić information content (AvgIpc) is 3.18. The predicted molar refractivity (Wildman–Crippen MR) is 83.4 cm³/mol. The monoisotopic (exact) mass is 329 g/mol. The Bertz CT molecular complexity index is 311. The van der Waals surface area contributed by atoms with Gasteiger partial charge in [-0.25, -0.2) is 0 Å². The van der Waals surface area contributed by atoms with Crippen LogP contribution in [-0.2, 0) is 4.79 Å². The van der Waals surface area contributed by atoms with Gasteiger partial charge in [0.25, 0.3) is 0 Å². The summed E-state index contributed by atoms with van der Waals surface area (Å²) >= 11 is 3.48. The molecule has 0 heterocycles. The second kappa shape index (κ2) is 6.15. The Morgan fingerprint density at radius 1 is 1.11 bits per heavy atom. The van der Waals surface area contributed by atoms with Gasteiger partial charge in [-0.05, 0) is 49.9 Å². The van der Waals surface area contributed by atoms with Gasteiger partial charge in [-0.2, -0.15) is 0 Å². The summed E-state index contributed by atoms with van der Waals surface area (Å²) < 4.78 is 0. The Balaban J connectivity index is 1.87. The molecule has 2 nitrogen and oxygen atoms in total. The van der Waals surface area contributed by atoms with Gasteiger partial charge < -0.3 is 4.90 Å². The molecular weight excluding hydrogens is 302 g/mol. The molecule has 0 bridgehead atoms. The molecule has 19 heavy (non-hydrogen) atoms. The molecule has 2 rings (SSSR count). The van der Waals surface area contributed by atoms with Crippen molar-refractivity contribution in [1.82, 2.24) is 4.90 Å². The molecule has 0 N–H and O–H groups in total. The Labute approximate surface area is 126 Å². The van der Waals surface area contributed by atoms with Gasteiger partial charge in [-0.15, -0.1) is 0 Å². The van der Waals surface area contributed by atoms with Crippen LogP contribution in [-0.4, -0.2) is 28.7 Å². The molecule has 2 aliphatic carbocycles. The van der Waals surface area contributed by atoms with E-state index in [0.29, 0.717) is 23.3 Å². The molecule has 1 amide bonds. The number of carbonyl (C=O) groups excluding carboxylic acids is 1. The van der Waals surface area contributed by atoms with E-state index in [9.17, 15) is 4.79 Å². The fourth-order valence-electron chi connectivity index (χ4n) is 3.39.